The van der Waals surface area contributed by atoms with Crippen LogP contribution in [0.4, 0.5) is 4.39 Å². The molecule has 0 aromatic rings. The summed E-state index contributed by atoms with van der Waals surface area (Å²) >= 11 is 0. The summed E-state index contributed by atoms with van der Waals surface area (Å²) < 4.78 is 16.5. The summed E-state index contributed by atoms with van der Waals surface area (Å²) in [6, 6.07) is 0.301. The van der Waals surface area contributed by atoms with Gasteiger partial charge in [-0.25, -0.2) is 4.39 Å². The molecule has 0 amide bonds. The molecule has 9 heavy (non-hydrogen) atoms. The fourth-order valence-electron chi connectivity index (χ4n) is 0.954. The Bertz CT molecular complexity index is 83.1. The highest BCUT2D eigenvalue weighted by molar-refractivity contribution is 4.82. The lowest BCUT2D eigenvalue weighted by atomic mass is 9.90. The third kappa shape index (κ3) is 1.91. The lowest BCUT2D eigenvalue weighted by Gasteiger charge is -2.31. The Hall–Kier alpha value is -0.150. The van der Waals surface area contributed by atoms with E-state index in [0.29, 0.717) is 6.04 Å². The molecule has 0 aromatic carbocycles. The predicted molar refractivity (Wildman–Crippen MR) is 32.9 cm³/mol. The highest BCUT2D eigenvalue weighted by atomic mass is 19.1. The molecule has 1 saturated carbocycles. The predicted octanol–water partition coefficient (Wildman–Crippen LogP) is 0.462. The van der Waals surface area contributed by atoms with Crippen LogP contribution in [-0.2, 0) is 4.74 Å². The molecule has 1 fully saturated rings. The standard InChI is InChI=1S/C6H12FNO/c7-1-2-9-6-3-5(8)4-6/h5-6H,1-4,8H2. The maximum atomic E-state index is 11.5. The lowest BCUT2D eigenvalue weighted by molar-refractivity contribution is -0.0135. The molecule has 0 aromatic heterocycles. The first-order valence-corrected chi connectivity index (χ1v) is 3.26. The Balaban J connectivity index is 1.91. The van der Waals surface area contributed by atoms with Gasteiger partial charge in [0.05, 0.1) is 12.7 Å². The van der Waals surface area contributed by atoms with Crippen LogP contribution < -0.4 is 5.73 Å². The van der Waals surface area contributed by atoms with Crippen LogP contribution in [0, 0.1) is 0 Å². The van der Waals surface area contributed by atoms with Crippen molar-refractivity contribution in [2.75, 3.05) is 13.3 Å². The van der Waals surface area contributed by atoms with Crippen molar-refractivity contribution in [3.8, 4) is 0 Å². The van der Waals surface area contributed by atoms with E-state index in [1.807, 2.05) is 0 Å². The van der Waals surface area contributed by atoms with Gasteiger partial charge in [0.2, 0.25) is 0 Å². The van der Waals surface area contributed by atoms with E-state index in [1.54, 1.807) is 0 Å². The van der Waals surface area contributed by atoms with E-state index in [1.165, 1.54) is 0 Å². The first-order valence-electron chi connectivity index (χ1n) is 3.26. The summed E-state index contributed by atoms with van der Waals surface area (Å²) in [5.74, 6) is 0. The molecule has 1 rings (SSSR count). The zero-order chi connectivity index (χ0) is 6.69. The highest BCUT2D eigenvalue weighted by Crippen LogP contribution is 2.20. The zero-order valence-corrected chi connectivity index (χ0v) is 5.35. The molecule has 2 N–H and O–H groups in total. The summed E-state index contributed by atoms with van der Waals surface area (Å²) in [5, 5.41) is 0. The van der Waals surface area contributed by atoms with E-state index >= 15 is 0 Å². The van der Waals surface area contributed by atoms with Gasteiger partial charge in [-0.2, -0.15) is 0 Å². The van der Waals surface area contributed by atoms with Crippen LogP contribution in [0.3, 0.4) is 0 Å². The molecule has 54 valence electrons. The van der Waals surface area contributed by atoms with Crippen molar-refractivity contribution < 1.29 is 9.13 Å². The SMILES string of the molecule is NC1CC(OCCF)C1. The molecule has 3 heteroatoms. The van der Waals surface area contributed by atoms with Crippen molar-refractivity contribution in [1.82, 2.24) is 0 Å². The molecule has 1 aliphatic rings. The average molecular weight is 133 g/mol. The molecule has 0 saturated heterocycles. The second-order valence-electron chi connectivity index (χ2n) is 2.41. The maximum absolute atomic E-state index is 11.5. The second-order valence-corrected chi connectivity index (χ2v) is 2.41. The Morgan fingerprint density at radius 2 is 2.22 bits per heavy atom. The molecule has 0 unspecified atom stereocenters. The second kappa shape index (κ2) is 3.13. The third-order valence-corrected chi connectivity index (χ3v) is 1.56. The summed E-state index contributed by atoms with van der Waals surface area (Å²) in [5.41, 5.74) is 5.47. The molecule has 0 heterocycles. The molecule has 0 radical (unpaired) electrons. The molecule has 2 nitrogen and oxygen atoms in total. The van der Waals surface area contributed by atoms with E-state index in [9.17, 15) is 4.39 Å². The van der Waals surface area contributed by atoms with E-state index in [4.69, 9.17) is 10.5 Å². The van der Waals surface area contributed by atoms with Gasteiger partial charge in [0, 0.05) is 6.04 Å². The Kier molecular flexibility index (Phi) is 2.42. The summed E-state index contributed by atoms with van der Waals surface area (Å²) in [7, 11) is 0. The number of nitrogens with two attached hydrogens (primary N) is 1. The van der Waals surface area contributed by atoms with Gasteiger partial charge >= 0.3 is 0 Å². The third-order valence-electron chi connectivity index (χ3n) is 1.56. The smallest absolute Gasteiger partial charge is 0.113 e. The summed E-state index contributed by atoms with van der Waals surface area (Å²) in [4.78, 5) is 0. The summed E-state index contributed by atoms with van der Waals surface area (Å²) in [6.45, 7) is -0.150. The van der Waals surface area contributed by atoms with Gasteiger partial charge in [0.1, 0.15) is 6.67 Å². The van der Waals surface area contributed by atoms with Crippen molar-refractivity contribution >= 4 is 0 Å². The lowest BCUT2D eigenvalue weighted by Crippen LogP contribution is -2.41. The fourth-order valence-corrected chi connectivity index (χ4v) is 0.954. The minimum absolute atomic E-state index is 0.234. The van der Waals surface area contributed by atoms with Crippen molar-refractivity contribution in [2.24, 2.45) is 5.73 Å². The topological polar surface area (TPSA) is 35.2 Å². The van der Waals surface area contributed by atoms with Gasteiger partial charge in [-0.15, -0.1) is 0 Å². The van der Waals surface area contributed by atoms with Crippen LogP contribution in [0.1, 0.15) is 12.8 Å². The number of halogens is 1. The molecular formula is C6H12FNO. The van der Waals surface area contributed by atoms with Crippen molar-refractivity contribution in [2.45, 2.75) is 25.0 Å². The molecule has 0 spiro atoms. The van der Waals surface area contributed by atoms with Gasteiger partial charge < -0.3 is 10.5 Å². The molecule has 0 aliphatic heterocycles. The van der Waals surface area contributed by atoms with Crippen LogP contribution >= 0.6 is 0 Å². The van der Waals surface area contributed by atoms with E-state index < -0.39 is 0 Å². The number of rotatable bonds is 3. The van der Waals surface area contributed by atoms with Crippen LogP contribution in [0.2, 0.25) is 0 Å². The molecule has 0 atom stereocenters. The van der Waals surface area contributed by atoms with Gasteiger partial charge in [-0.3, -0.25) is 0 Å². The van der Waals surface area contributed by atoms with Gasteiger partial charge in [0.15, 0.2) is 0 Å². The Labute approximate surface area is 54.2 Å². The van der Waals surface area contributed by atoms with Gasteiger partial charge in [-0.1, -0.05) is 0 Å². The summed E-state index contributed by atoms with van der Waals surface area (Å²) in [6.07, 6.45) is 2.05. The van der Waals surface area contributed by atoms with Crippen LogP contribution in [-0.4, -0.2) is 25.4 Å². The fraction of sp³-hybridized carbons (Fsp3) is 1.00. The minimum atomic E-state index is -0.383. The number of ether oxygens (including phenoxy) is 1. The van der Waals surface area contributed by atoms with E-state index in [0.717, 1.165) is 12.8 Å². The van der Waals surface area contributed by atoms with Crippen molar-refractivity contribution in [3.05, 3.63) is 0 Å². The van der Waals surface area contributed by atoms with Crippen molar-refractivity contribution in [3.63, 3.8) is 0 Å². The monoisotopic (exact) mass is 133 g/mol. The van der Waals surface area contributed by atoms with E-state index in [-0.39, 0.29) is 19.4 Å². The number of hydrogen-bond donors (Lipinski definition) is 1. The van der Waals surface area contributed by atoms with Crippen molar-refractivity contribution in [1.29, 1.82) is 0 Å². The van der Waals surface area contributed by atoms with Crippen LogP contribution in [0.5, 0.6) is 0 Å². The van der Waals surface area contributed by atoms with E-state index in [2.05, 4.69) is 0 Å². The van der Waals surface area contributed by atoms with Crippen LogP contribution in [0.15, 0.2) is 0 Å². The molecule has 1 aliphatic carbocycles. The molecule has 0 bridgehead atoms. The average Bonchev–Trinajstić information content (AvgIpc) is 1.78. The zero-order valence-electron chi connectivity index (χ0n) is 5.35. The Morgan fingerprint density at radius 3 is 2.67 bits per heavy atom. The maximum Gasteiger partial charge on any atom is 0.113 e. The highest BCUT2D eigenvalue weighted by Gasteiger charge is 2.25. The van der Waals surface area contributed by atoms with Gasteiger partial charge in [0.25, 0.3) is 0 Å². The van der Waals surface area contributed by atoms with Crippen LogP contribution in [0.25, 0.3) is 0 Å². The molecular weight excluding hydrogens is 121 g/mol. The number of hydrogen-bond acceptors (Lipinski definition) is 2. The Morgan fingerprint density at radius 1 is 1.56 bits per heavy atom. The first-order chi connectivity index (χ1) is 4.33. The van der Waals surface area contributed by atoms with Gasteiger partial charge in [-0.05, 0) is 12.8 Å². The number of alkyl halides is 1. The first kappa shape index (κ1) is 6.96. The normalized spacial score (nSPS) is 34.0. The minimum Gasteiger partial charge on any atom is -0.375 e. The largest absolute Gasteiger partial charge is 0.375 e. The quantitative estimate of drug-likeness (QED) is 0.607.